The van der Waals surface area contributed by atoms with Crippen LogP contribution in [-0.4, -0.2) is 28.3 Å². The average molecular weight is 258 g/mol. The number of hydrogen-bond acceptors (Lipinski definition) is 0. The summed E-state index contributed by atoms with van der Waals surface area (Å²) in [4.78, 5) is 0. The van der Waals surface area contributed by atoms with Gasteiger partial charge in [-0.25, -0.2) is 0 Å². The van der Waals surface area contributed by atoms with Gasteiger partial charge in [0.05, 0.1) is 0 Å². The fraction of sp³-hybridized carbons (Fsp3) is 0. The van der Waals surface area contributed by atoms with Gasteiger partial charge in [-0.05, 0) is 0 Å². The third-order valence-electron chi connectivity index (χ3n) is 0. The predicted octanol–water partition coefficient (Wildman–Crippen LogP) is -1.24. The Kier molecular flexibility index (Phi) is 2890. The molecule has 0 atom stereocenters. The first-order valence-electron chi connectivity index (χ1n) is 0. The molecular weight excluding hydrogens is 258 g/mol. The Morgan fingerprint density at radius 3 is 0.625 bits per heavy atom. The SMILES string of the molecule is [Al+3].[O-2].[O-2].[O-2].[O-2].[Si+4].[Ti+4].[Zr+4]. The molecule has 8 heavy (non-hydrogen) atoms. The Morgan fingerprint density at radius 1 is 0.625 bits per heavy atom. The molecule has 0 saturated heterocycles. The first kappa shape index (κ1) is 180. The smallest absolute Gasteiger partial charge is 2.00 e. The Hall–Kier alpha value is 2.19. The van der Waals surface area contributed by atoms with Gasteiger partial charge in [-0.2, -0.15) is 0 Å². The Bertz CT molecular complexity index is 16.0. The number of rotatable bonds is 0. The molecule has 8 heteroatoms. The summed E-state index contributed by atoms with van der Waals surface area (Å²) in [5, 5.41) is 0. The minimum Gasteiger partial charge on any atom is -2.00 e. The molecule has 0 heterocycles. The van der Waals surface area contributed by atoms with Crippen molar-refractivity contribution in [2.45, 2.75) is 0 Å². The van der Waals surface area contributed by atoms with Crippen molar-refractivity contribution in [3.63, 3.8) is 0 Å². The van der Waals surface area contributed by atoms with Crippen LogP contribution in [0.15, 0.2) is 0 Å². The largest absolute Gasteiger partial charge is 4.00 e. The summed E-state index contributed by atoms with van der Waals surface area (Å²) in [6, 6.07) is 0. The second-order valence-corrected chi connectivity index (χ2v) is 0. The van der Waals surface area contributed by atoms with Crippen LogP contribution in [0.1, 0.15) is 0 Å². The fourth-order valence-corrected chi connectivity index (χ4v) is 0. The van der Waals surface area contributed by atoms with E-state index in [0.717, 1.165) is 0 Å². The molecule has 0 spiro atoms. The summed E-state index contributed by atoms with van der Waals surface area (Å²) >= 11 is 0. The van der Waals surface area contributed by atoms with Gasteiger partial charge < -0.3 is 21.9 Å². The molecule has 0 fully saturated rings. The Morgan fingerprint density at radius 2 is 0.625 bits per heavy atom. The van der Waals surface area contributed by atoms with Crippen LogP contribution < -0.4 is 0 Å². The Labute approximate surface area is 97.2 Å². The quantitative estimate of drug-likeness (QED) is 0.483. The van der Waals surface area contributed by atoms with Gasteiger partial charge in [-0.3, -0.25) is 0 Å². The molecule has 0 amide bonds. The maximum absolute atomic E-state index is 0. The molecule has 0 saturated carbocycles. The summed E-state index contributed by atoms with van der Waals surface area (Å²) in [6.45, 7) is 0. The fourth-order valence-electron chi connectivity index (χ4n) is 0. The van der Waals surface area contributed by atoms with E-state index in [-0.39, 0.29) is 98.2 Å². The molecule has 0 aliphatic rings. The van der Waals surface area contributed by atoms with Gasteiger partial charge in [0.1, 0.15) is 0 Å². The van der Waals surface area contributed by atoms with Crippen molar-refractivity contribution in [2.75, 3.05) is 0 Å². The van der Waals surface area contributed by atoms with E-state index >= 15 is 0 Å². The molecule has 0 aromatic carbocycles. The summed E-state index contributed by atoms with van der Waals surface area (Å²) in [5.41, 5.74) is 0. The van der Waals surface area contributed by atoms with E-state index < -0.39 is 0 Å². The maximum Gasteiger partial charge on any atom is 4.00 e. The van der Waals surface area contributed by atoms with E-state index in [0.29, 0.717) is 0 Å². The summed E-state index contributed by atoms with van der Waals surface area (Å²) in [5.74, 6) is 0. The molecule has 0 N–H and O–H groups in total. The zero-order valence-corrected chi connectivity index (χ0v) is 9.88. The standard InChI is InChI=1S/Al.4O.Si.Ti.Zr/q+3;4*-2;3*+4. The zero-order valence-electron chi connectivity index (χ0n) is 3.71. The van der Waals surface area contributed by atoms with Gasteiger partial charge in [0.2, 0.25) is 0 Å². The van der Waals surface area contributed by atoms with Crippen molar-refractivity contribution >= 4 is 28.3 Å². The second kappa shape index (κ2) is 129. The van der Waals surface area contributed by atoms with Gasteiger partial charge in [0.15, 0.2) is 0 Å². The molecule has 4 nitrogen and oxygen atoms in total. The van der Waals surface area contributed by atoms with Crippen molar-refractivity contribution in [3.8, 4) is 0 Å². The van der Waals surface area contributed by atoms with Gasteiger partial charge in [0.25, 0.3) is 0 Å². The molecule has 0 aliphatic carbocycles. The molecule has 0 aromatic heterocycles. The summed E-state index contributed by atoms with van der Waals surface area (Å²) in [7, 11) is 0. The topological polar surface area (TPSA) is 114 Å². The summed E-state index contributed by atoms with van der Waals surface area (Å²) in [6.07, 6.45) is 0. The van der Waals surface area contributed by atoms with Crippen LogP contribution in [0.2, 0.25) is 0 Å². The van der Waals surface area contributed by atoms with Crippen LogP contribution >= 0.6 is 0 Å². The normalized spacial score (nSPS) is 0. The van der Waals surface area contributed by atoms with Crippen molar-refractivity contribution < 1.29 is 69.8 Å². The molecular formula is AlO4SiTiZr+7. The van der Waals surface area contributed by atoms with Crippen LogP contribution in [0.25, 0.3) is 0 Å². The molecule has 0 unspecified atom stereocenters. The van der Waals surface area contributed by atoms with E-state index in [1.54, 1.807) is 0 Å². The monoisotopic (exact) mass is 257 g/mol. The molecule has 0 aliphatic heterocycles. The van der Waals surface area contributed by atoms with Crippen molar-refractivity contribution in [2.24, 2.45) is 0 Å². The Balaban J connectivity index is 0. The third-order valence-corrected chi connectivity index (χ3v) is 0. The first-order valence-corrected chi connectivity index (χ1v) is 0. The molecule has 0 aromatic rings. The van der Waals surface area contributed by atoms with Crippen LogP contribution in [0, 0.1) is 0 Å². The van der Waals surface area contributed by atoms with E-state index in [1.807, 2.05) is 0 Å². The van der Waals surface area contributed by atoms with E-state index in [1.165, 1.54) is 0 Å². The first-order chi connectivity index (χ1) is 0. The van der Waals surface area contributed by atoms with Gasteiger partial charge >= 0.3 is 76.2 Å². The zero-order chi connectivity index (χ0) is 0. The van der Waals surface area contributed by atoms with Gasteiger partial charge in [-0.1, -0.05) is 0 Å². The van der Waals surface area contributed by atoms with Crippen molar-refractivity contribution in [3.05, 3.63) is 0 Å². The number of hydrogen-bond donors (Lipinski definition) is 0. The molecule has 0 bridgehead atoms. The van der Waals surface area contributed by atoms with Crippen molar-refractivity contribution in [1.29, 1.82) is 0 Å². The molecule has 0 radical (unpaired) electrons. The second-order valence-electron chi connectivity index (χ2n) is 0. The summed E-state index contributed by atoms with van der Waals surface area (Å²) < 4.78 is 0. The molecule has 32 valence electrons. The molecule has 0 rings (SSSR count). The van der Waals surface area contributed by atoms with Gasteiger partial charge in [-0.15, -0.1) is 0 Å². The van der Waals surface area contributed by atoms with E-state index in [9.17, 15) is 0 Å². The van der Waals surface area contributed by atoms with E-state index in [4.69, 9.17) is 0 Å². The van der Waals surface area contributed by atoms with Crippen LogP contribution in [-0.2, 0) is 69.8 Å². The predicted molar refractivity (Wildman–Crippen MR) is 14.3 cm³/mol. The third kappa shape index (κ3) is 88.4. The maximum atomic E-state index is 0. The van der Waals surface area contributed by atoms with Gasteiger partial charge in [0, 0.05) is 0 Å². The minimum absolute atomic E-state index is 0. The van der Waals surface area contributed by atoms with Crippen LogP contribution in [0.5, 0.6) is 0 Å². The average Bonchev–Trinajstić information content (AvgIpc) is 0. The van der Waals surface area contributed by atoms with Crippen LogP contribution in [0.3, 0.4) is 0 Å². The van der Waals surface area contributed by atoms with Crippen molar-refractivity contribution in [1.82, 2.24) is 0 Å². The van der Waals surface area contributed by atoms with E-state index in [2.05, 4.69) is 0 Å². The minimum atomic E-state index is 0. The van der Waals surface area contributed by atoms with Crippen LogP contribution in [0.4, 0.5) is 0 Å².